The maximum atomic E-state index is 6.04. The summed E-state index contributed by atoms with van der Waals surface area (Å²) in [5.74, 6) is 1.32. The topological polar surface area (TPSA) is 113 Å². The normalized spacial score (nSPS) is 13.2. The van der Waals surface area contributed by atoms with E-state index in [2.05, 4.69) is 38.2 Å². The summed E-state index contributed by atoms with van der Waals surface area (Å²) in [6, 6.07) is 7.40. The molecule has 0 saturated heterocycles. The molecular formula is C21H20N6O. The highest BCUT2D eigenvalue weighted by molar-refractivity contribution is 5.78. The molecule has 7 heteroatoms. The van der Waals surface area contributed by atoms with Gasteiger partial charge >= 0.3 is 0 Å². The van der Waals surface area contributed by atoms with Gasteiger partial charge in [-0.05, 0) is 30.5 Å². The van der Waals surface area contributed by atoms with Crippen LogP contribution in [0.5, 0.6) is 5.88 Å². The highest BCUT2D eigenvalue weighted by Crippen LogP contribution is 2.27. The second kappa shape index (κ2) is 7.48. The van der Waals surface area contributed by atoms with Crippen molar-refractivity contribution in [3.05, 3.63) is 71.6 Å². The van der Waals surface area contributed by atoms with Crippen molar-refractivity contribution in [1.29, 1.82) is 0 Å². The highest BCUT2D eigenvalue weighted by Gasteiger charge is 2.15. The molecule has 0 aliphatic heterocycles. The summed E-state index contributed by atoms with van der Waals surface area (Å²) in [5.41, 5.74) is 17.1. The number of fused-ring (bicyclic) bond motifs is 1. The van der Waals surface area contributed by atoms with E-state index in [9.17, 15) is 0 Å². The van der Waals surface area contributed by atoms with Gasteiger partial charge in [0.25, 0.3) is 0 Å². The summed E-state index contributed by atoms with van der Waals surface area (Å²) in [4.78, 5) is 17.8. The van der Waals surface area contributed by atoms with Crippen LogP contribution in [-0.2, 0) is 6.42 Å². The van der Waals surface area contributed by atoms with E-state index in [-0.39, 0.29) is 0 Å². The zero-order valence-electron chi connectivity index (χ0n) is 15.5. The van der Waals surface area contributed by atoms with Gasteiger partial charge in [0, 0.05) is 53.1 Å². The minimum atomic E-state index is 0.348. The first-order chi connectivity index (χ1) is 13.7. The van der Waals surface area contributed by atoms with Crippen LogP contribution in [0.1, 0.15) is 29.1 Å². The van der Waals surface area contributed by atoms with Gasteiger partial charge in [0.2, 0.25) is 5.88 Å². The van der Waals surface area contributed by atoms with Crippen molar-refractivity contribution in [2.24, 2.45) is 5.73 Å². The van der Waals surface area contributed by atoms with Crippen LogP contribution in [0.25, 0.3) is 22.9 Å². The molecule has 3 aromatic heterocycles. The molecule has 0 radical (unpaired) electrons. The fraction of sp³-hybridized carbons (Fsp3) is 0.143. The smallest absolute Gasteiger partial charge is 0.212 e. The first kappa shape index (κ1) is 17.7. The van der Waals surface area contributed by atoms with Crippen molar-refractivity contribution < 1.29 is 4.74 Å². The molecule has 4 rings (SSSR count). The van der Waals surface area contributed by atoms with Gasteiger partial charge in [0.05, 0.1) is 12.8 Å². The quantitative estimate of drug-likeness (QED) is 0.724. The summed E-state index contributed by atoms with van der Waals surface area (Å²) < 4.78 is 5.10. The molecule has 0 unspecified atom stereocenters. The molecule has 3 heterocycles. The van der Waals surface area contributed by atoms with Crippen LogP contribution in [0.4, 0.5) is 5.82 Å². The van der Waals surface area contributed by atoms with E-state index in [1.807, 2.05) is 6.07 Å². The lowest BCUT2D eigenvalue weighted by Gasteiger charge is -2.13. The summed E-state index contributed by atoms with van der Waals surface area (Å²) in [6.45, 7) is 0. The molecule has 3 aromatic rings. The molecule has 0 spiro atoms. The van der Waals surface area contributed by atoms with Crippen LogP contribution < -0.4 is 16.2 Å². The van der Waals surface area contributed by atoms with Crippen LogP contribution in [-0.4, -0.2) is 27.0 Å². The zero-order chi connectivity index (χ0) is 19.5. The highest BCUT2D eigenvalue weighted by atomic mass is 16.5. The molecule has 0 saturated carbocycles. The monoisotopic (exact) mass is 372 g/mol. The molecule has 0 bridgehead atoms. The van der Waals surface area contributed by atoms with Gasteiger partial charge in [-0.25, -0.2) is 15.0 Å². The summed E-state index contributed by atoms with van der Waals surface area (Å²) in [5, 5.41) is 0. The Morgan fingerprint density at radius 2 is 2.04 bits per heavy atom. The van der Waals surface area contributed by atoms with Crippen LogP contribution in [0, 0.1) is 0 Å². The summed E-state index contributed by atoms with van der Waals surface area (Å²) >= 11 is 0. The van der Waals surface area contributed by atoms with Gasteiger partial charge in [0.15, 0.2) is 5.82 Å². The van der Waals surface area contributed by atoms with Gasteiger partial charge in [-0.2, -0.15) is 0 Å². The van der Waals surface area contributed by atoms with E-state index in [4.69, 9.17) is 16.2 Å². The second-order valence-electron chi connectivity index (χ2n) is 6.37. The molecule has 28 heavy (non-hydrogen) atoms. The second-order valence-corrected chi connectivity index (χ2v) is 6.37. The number of aromatic nitrogens is 4. The lowest BCUT2D eigenvalue weighted by Crippen LogP contribution is -2.05. The third kappa shape index (κ3) is 3.42. The van der Waals surface area contributed by atoms with Gasteiger partial charge in [-0.1, -0.05) is 12.2 Å². The maximum absolute atomic E-state index is 6.04. The number of aryl methyl sites for hydroxylation is 1. The van der Waals surface area contributed by atoms with E-state index >= 15 is 0 Å². The number of anilines is 1. The minimum absolute atomic E-state index is 0.348. The predicted octanol–water partition coefficient (Wildman–Crippen LogP) is 2.83. The van der Waals surface area contributed by atoms with E-state index in [1.165, 1.54) is 6.20 Å². The molecule has 0 fully saturated rings. The third-order valence-corrected chi connectivity index (χ3v) is 4.55. The van der Waals surface area contributed by atoms with Crippen molar-refractivity contribution in [3.63, 3.8) is 0 Å². The first-order valence-corrected chi connectivity index (χ1v) is 8.91. The molecule has 0 atom stereocenters. The molecule has 1 aliphatic rings. The van der Waals surface area contributed by atoms with E-state index in [0.717, 1.165) is 35.2 Å². The fourth-order valence-corrected chi connectivity index (χ4v) is 3.13. The van der Waals surface area contributed by atoms with Gasteiger partial charge in [-0.15, -0.1) is 0 Å². The van der Waals surface area contributed by atoms with Crippen molar-refractivity contribution in [2.45, 2.75) is 12.8 Å². The number of allylic oxidation sites excluding steroid dienone is 1. The number of ether oxygens (including phenoxy) is 1. The SMILES string of the molecule is COc1ccc(-c2cc(N)nc(C(=CN)c3cnc4c(c3)C=CCC4)n2)cn1. The standard InChI is InChI=1S/C21H20N6O/c1-28-20-7-6-14(11-25-20)18-9-19(23)27-21(26-18)16(10-22)15-8-13-4-2-3-5-17(13)24-12-15/h2,4,6-12H,3,5,22H2,1H3,(H2,23,26,27). The Labute approximate surface area is 162 Å². The summed E-state index contributed by atoms with van der Waals surface area (Å²) in [7, 11) is 1.57. The van der Waals surface area contributed by atoms with Crippen LogP contribution >= 0.6 is 0 Å². The number of nitrogens with zero attached hydrogens (tertiary/aromatic N) is 4. The van der Waals surface area contributed by atoms with Crippen LogP contribution in [0.15, 0.2) is 48.9 Å². The molecule has 4 N–H and O–H groups in total. The zero-order valence-corrected chi connectivity index (χ0v) is 15.5. The first-order valence-electron chi connectivity index (χ1n) is 8.91. The lowest BCUT2D eigenvalue weighted by molar-refractivity contribution is 0.398. The summed E-state index contributed by atoms with van der Waals surface area (Å²) in [6.07, 6.45) is 11.2. The molecule has 7 nitrogen and oxygen atoms in total. The fourth-order valence-electron chi connectivity index (χ4n) is 3.13. The molecular weight excluding hydrogens is 352 g/mol. The van der Waals surface area contributed by atoms with E-state index in [0.29, 0.717) is 28.8 Å². The molecule has 1 aliphatic carbocycles. The Bertz CT molecular complexity index is 1070. The number of pyridine rings is 2. The molecule has 140 valence electrons. The Morgan fingerprint density at radius 1 is 1.14 bits per heavy atom. The Kier molecular flexibility index (Phi) is 4.72. The number of methoxy groups -OCH3 is 1. The van der Waals surface area contributed by atoms with Crippen LogP contribution in [0.3, 0.4) is 0 Å². The van der Waals surface area contributed by atoms with E-state index in [1.54, 1.807) is 31.6 Å². The molecule has 0 aromatic carbocycles. The van der Waals surface area contributed by atoms with Gasteiger partial charge in [-0.3, -0.25) is 4.98 Å². The number of nitrogen functional groups attached to an aromatic ring is 1. The Morgan fingerprint density at radius 3 is 2.79 bits per heavy atom. The maximum Gasteiger partial charge on any atom is 0.212 e. The Hall–Kier alpha value is -3.74. The Balaban J connectivity index is 1.75. The number of hydrogen-bond donors (Lipinski definition) is 2. The lowest BCUT2D eigenvalue weighted by atomic mass is 9.98. The van der Waals surface area contributed by atoms with Crippen molar-refractivity contribution in [1.82, 2.24) is 19.9 Å². The number of hydrogen-bond acceptors (Lipinski definition) is 7. The number of rotatable bonds is 4. The van der Waals surface area contributed by atoms with Crippen molar-refractivity contribution in [3.8, 4) is 17.1 Å². The largest absolute Gasteiger partial charge is 0.481 e. The predicted molar refractivity (Wildman–Crippen MR) is 109 cm³/mol. The van der Waals surface area contributed by atoms with E-state index < -0.39 is 0 Å². The van der Waals surface area contributed by atoms with Crippen molar-refractivity contribution in [2.75, 3.05) is 12.8 Å². The van der Waals surface area contributed by atoms with Crippen LogP contribution in [0.2, 0.25) is 0 Å². The average Bonchev–Trinajstić information content (AvgIpc) is 2.74. The van der Waals surface area contributed by atoms with Gasteiger partial charge < -0.3 is 16.2 Å². The van der Waals surface area contributed by atoms with Crippen molar-refractivity contribution >= 4 is 17.5 Å². The minimum Gasteiger partial charge on any atom is -0.481 e. The van der Waals surface area contributed by atoms with Gasteiger partial charge in [0.1, 0.15) is 5.82 Å². The number of nitrogens with two attached hydrogens (primary N) is 2. The third-order valence-electron chi connectivity index (χ3n) is 4.55. The molecule has 0 amide bonds. The average molecular weight is 372 g/mol.